The summed E-state index contributed by atoms with van der Waals surface area (Å²) in [6.45, 7) is 7.59. The van der Waals surface area contributed by atoms with Crippen molar-refractivity contribution in [2.75, 3.05) is 0 Å². The fraction of sp³-hybridized carbons (Fsp3) is 0.548. The minimum atomic E-state index is -0.0275. The monoisotopic (exact) mass is 447 g/mol. The van der Waals surface area contributed by atoms with Crippen molar-refractivity contribution in [3.8, 4) is 5.75 Å². The topological polar surface area (TPSA) is 35.2 Å². The Hall–Kier alpha value is -2.06. The fourth-order valence-electron chi connectivity index (χ4n) is 4.97. The van der Waals surface area contributed by atoms with E-state index in [1.807, 2.05) is 6.07 Å². The van der Waals surface area contributed by atoms with Gasteiger partial charge in [0, 0.05) is 11.1 Å². The summed E-state index contributed by atoms with van der Waals surface area (Å²) in [5, 5.41) is 0. The first-order chi connectivity index (χ1) is 15.9. The van der Waals surface area contributed by atoms with Crippen LogP contribution in [0.1, 0.15) is 108 Å². The van der Waals surface area contributed by atoms with E-state index in [0.717, 1.165) is 30.6 Å². The van der Waals surface area contributed by atoms with Crippen molar-refractivity contribution in [1.82, 2.24) is 0 Å². The highest BCUT2D eigenvalue weighted by Crippen LogP contribution is 2.35. The van der Waals surface area contributed by atoms with E-state index in [1.54, 1.807) is 0 Å². The number of benzene rings is 2. The molecule has 33 heavy (non-hydrogen) atoms. The van der Waals surface area contributed by atoms with Crippen LogP contribution in [0.15, 0.2) is 54.6 Å². The molecular formula is C31H45NO. The van der Waals surface area contributed by atoms with Gasteiger partial charge in [0.05, 0.1) is 0 Å². The lowest BCUT2D eigenvalue weighted by atomic mass is 9.79. The molecule has 1 aliphatic rings. The van der Waals surface area contributed by atoms with Crippen molar-refractivity contribution < 1.29 is 4.74 Å². The van der Waals surface area contributed by atoms with Gasteiger partial charge in [0.2, 0.25) is 0 Å². The van der Waals surface area contributed by atoms with Crippen LogP contribution in [-0.4, -0.2) is 5.54 Å². The number of rotatable bonds is 12. The van der Waals surface area contributed by atoms with E-state index in [1.165, 1.54) is 62.5 Å². The van der Waals surface area contributed by atoms with Crippen LogP contribution in [0.3, 0.4) is 0 Å². The first-order valence-corrected chi connectivity index (χ1v) is 13.2. The SMILES string of the molecule is CCCCCCC(C)(C)c1ccc(C=CCC2(N)CCCCC2)c(OCc2ccccc2)c1. The van der Waals surface area contributed by atoms with E-state index in [9.17, 15) is 0 Å². The van der Waals surface area contributed by atoms with Crippen LogP contribution in [0.2, 0.25) is 0 Å². The maximum atomic E-state index is 6.66. The van der Waals surface area contributed by atoms with Gasteiger partial charge in [0.15, 0.2) is 0 Å². The Kier molecular flexibility index (Phi) is 9.62. The van der Waals surface area contributed by atoms with Crippen molar-refractivity contribution in [3.05, 3.63) is 71.3 Å². The summed E-state index contributed by atoms with van der Waals surface area (Å²) in [5.74, 6) is 0.976. The quantitative estimate of drug-likeness (QED) is 0.331. The van der Waals surface area contributed by atoms with Crippen LogP contribution in [0, 0.1) is 0 Å². The molecule has 1 saturated carbocycles. The van der Waals surface area contributed by atoms with Gasteiger partial charge in [-0.25, -0.2) is 0 Å². The first-order valence-electron chi connectivity index (χ1n) is 13.2. The van der Waals surface area contributed by atoms with Crippen LogP contribution in [-0.2, 0) is 12.0 Å². The van der Waals surface area contributed by atoms with Crippen molar-refractivity contribution in [3.63, 3.8) is 0 Å². The van der Waals surface area contributed by atoms with Gasteiger partial charge < -0.3 is 10.5 Å². The second-order valence-corrected chi connectivity index (χ2v) is 10.8. The number of hydrogen-bond acceptors (Lipinski definition) is 2. The molecule has 0 aromatic heterocycles. The summed E-state index contributed by atoms with van der Waals surface area (Å²) in [7, 11) is 0. The van der Waals surface area contributed by atoms with Crippen molar-refractivity contribution in [2.45, 2.75) is 109 Å². The van der Waals surface area contributed by atoms with Gasteiger partial charge in [-0.3, -0.25) is 0 Å². The third-order valence-corrected chi connectivity index (χ3v) is 7.36. The van der Waals surface area contributed by atoms with E-state index >= 15 is 0 Å². The Balaban J connectivity index is 1.76. The average Bonchev–Trinajstić information content (AvgIpc) is 2.82. The average molecular weight is 448 g/mol. The van der Waals surface area contributed by atoms with Gasteiger partial charge in [-0.2, -0.15) is 0 Å². The molecule has 0 radical (unpaired) electrons. The number of nitrogens with two attached hydrogens (primary N) is 1. The van der Waals surface area contributed by atoms with Crippen molar-refractivity contribution in [1.29, 1.82) is 0 Å². The van der Waals surface area contributed by atoms with E-state index in [-0.39, 0.29) is 11.0 Å². The standard InChI is InChI=1S/C31H45NO/c1-4-5-6-11-20-30(2,3)28-19-18-27(17-14-23-31(32)21-12-8-13-22-31)29(24-28)33-25-26-15-9-7-10-16-26/h7,9-10,14-19,24H,4-6,8,11-13,20-23,25,32H2,1-3H3. The Morgan fingerprint density at radius 2 is 1.73 bits per heavy atom. The zero-order chi connectivity index (χ0) is 23.6. The predicted molar refractivity (Wildman–Crippen MR) is 143 cm³/mol. The summed E-state index contributed by atoms with van der Waals surface area (Å²) < 4.78 is 6.39. The largest absolute Gasteiger partial charge is 0.488 e. The number of ether oxygens (including phenoxy) is 1. The third kappa shape index (κ3) is 8.03. The molecule has 2 nitrogen and oxygen atoms in total. The molecule has 0 bridgehead atoms. The lowest BCUT2D eigenvalue weighted by Gasteiger charge is -2.32. The summed E-state index contributed by atoms with van der Waals surface area (Å²) in [6.07, 6.45) is 18.0. The molecule has 2 aromatic carbocycles. The summed E-state index contributed by atoms with van der Waals surface area (Å²) >= 11 is 0. The Morgan fingerprint density at radius 1 is 0.970 bits per heavy atom. The third-order valence-electron chi connectivity index (χ3n) is 7.36. The smallest absolute Gasteiger partial charge is 0.127 e. The molecule has 2 heteroatoms. The molecular weight excluding hydrogens is 402 g/mol. The molecule has 0 aliphatic heterocycles. The van der Waals surface area contributed by atoms with Crippen LogP contribution >= 0.6 is 0 Å². The second-order valence-electron chi connectivity index (χ2n) is 10.8. The van der Waals surface area contributed by atoms with E-state index in [0.29, 0.717) is 6.61 Å². The van der Waals surface area contributed by atoms with Gasteiger partial charge in [-0.05, 0) is 48.3 Å². The second kappa shape index (κ2) is 12.4. The molecule has 2 N–H and O–H groups in total. The van der Waals surface area contributed by atoms with Gasteiger partial charge >= 0.3 is 0 Å². The maximum Gasteiger partial charge on any atom is 0.127 e. The van der Waals surface area contributed by atoms with Crippen molar-refractivity contribution >= 4 is 6.08 Å². The van der Waals surface area contributed by atoms with Gasteiger partial charge in [0.25, 0.3) is 0 Å². The van der Waals surface area contributed by atoms with E-state index < -0.39 is 0 Å². The van der Waals surface area contributed by atoms with Crippen molar-refractivity contribution in [2.24, 2.45) is 5.73 Å². The molecule has 0 heterocycles. The molecule has 180 valence electrons. The maximum absolute atomic E-state index is 6.66. The molecule has 0 saturated heterocycles. The highest BCUT2D eigenvalue weighted by atomic mass is 16.5. The summed E-state index contributed by atoms with van der Waals surface area (Å²) in [5.41, 5.74) is 10.5. The molecule has 0 unspecified atom stereocenters. The van der Waals surface area contributed by atoms with E-state index in [4.69, 9.17) is 10.5 Å². The molecule has 0 atom stereocenters. The highest BCUT2D eigenvalue weighted by Gasteiger charge is 2.26. The summed E-state index contributed by atoms with van der Waals surface area (Å²) in [6, 6.07) is 17.3. The fourth-order valence-corrected chi connectivity index (χ4v) is 4.97. The van der Waals surface area contributed by atoms with Crippen LogP contribution in [0.4, 0.5) is 0 Å². The normalized spacial score (nSPS) is 16.2. The Morgan fingerprint density at radius 3 is 2.45 bits per heavy atom. The van der Waals surface area contributed by atoms with E-state index in [2.05, 4.69) is 75.4 Å². The number of hydrogen-bond donors (Lipinski definition) is 1. The summed E-state index contributed by atoms with van der Waals surface area (Å²) in [4.78, 5) is 0. The van der Waals surface area contributed by atoms with Gasteiger partial charge in [-0.1, -0.05) is 120 Å². The Bertz CT molecular complexity index is 862. The molecule has 0 amide bonds. The van der Waals surface area contributed by atoms with Crippen LogP contribution in [0.5, 0.6) is 5.75 Å². The molecule has 1 aliphatic carbocycles. The lowest BCUT2D eigenvalue weighted by molar-refractivity contribution is 0.298. The van der Waals surface area contributed by atoms with Gasteiger partial charge in [0.1, 0.15) is 12.4 Å². The van der Waals surface area contributed by atoms with Crippen LogP contribution in [0.25, 0.3) is 6.08 Å². The highest BCUT2D eigenvalue weighted by molar-refractivity contribution is 5.59. The minimum Gasteiger partial charge on any atom is -0.488 e. The zero-order valence-electron chi connectivity index (χ0n) is 21.2. The first kappa shape index (κ1) is 25.6. The molecule has 0 spiro atoms. The Labute approximate surface area is 202 Å². The minimum absolute atomic E-state index is 0.0275. The van der Waals surface area contributed by atoms with Gasteiger partial charge in [-0.15, -0.1) is 0 Å². The number of unbranched alkanes of at least 4 members (excludes halogenated alkanes) is 3. The zero-order valence-corrected chi connectivity index (χ0v) is 21.2. The predicted octanol–water partition coefficient (Wildman–Crippen LogP) is 8.58. The van der Waals surface area contributed by atoms with Crippen LogP contribution < -0.4 is 10.5 Å². The molecule has 3 rings (SSSR count). The lowest BCUT2D eigenvalue weighted by Crippen LogP contribution is -2.40. The molecule has 1 fully saturated rings. The molecule has 2 aromatic rings.